The number of hydrogen-bond donors (Lipinski definition) is 0. The van der Waals surface area contributed by atoms with Gasteiger partial charge in [-0.2, -0.15) is 0 Å². The maximum absolute atomic E-state index is 12.0. The smallest absolute Gasteiger partial charge is 0.309 e. The van der Waals surface area contributed by atoms with Gasteiger partial charge in [0, 0.05) is 12.4 Å². The summed E-state index contributed by atoms with van der Waals surface area (Å²) in [5, 5.41) is 0. The fraction of sp³-hybridized carbons (Fsp3) is 0.556. The largest absolute Gasteiger partial charge is 0.340 e. The predicted octanol–water partition coefficient (Wildman–Crippen LogP) is 1.79. The highest BCUT2D eigenvalue weighted by molar-refractivity contribution is 7.54. The Kier molecular flexibility index (Phi) is 4.86. The molecule has 1 heterocycles. The fourth-order valence-electron chi connectivity index (χ4n) is 1.18. The van der Waals surface area contributed by atoms with Crippen LogP contribution in [0, 0.1) is 0 Å². The Morgan fingerprint density at radius 3 is 2.44 bits per heavy atom. The molecule has 1 rings (SSSR count). The van der Waals surface area contributed by atoms with Gasteiger partial charge in [-0.1, -0.05) is 0 Å². The van der Waals surface area contributed by atoms with Gasteiger partial charge in [-0.15, -0.1) is 0 Å². The van der Waals surface area contributed by atoms with E-state index in [1.165, 1.54) is 23.3 Å². The maximum Gasteiger partial charge on any atom is 0.340 e. The van der Waals surface area contributed by atoms with Gasteiger partial charge in [-0.25, -0.2) is 4.98 Å². The van der Waals surface area contributed by atoms with Crippen molar-refractivity contribution >= 4 is 13.5 Å². The quantitative estimate of drug-likeness (QED) is 0.715. The maximum atomic E-state index is 12.0. The minimum Gasteiger partial charge on any atom is -0.309 e. The van der Waals surface area contributed by atoms with Crippen LogP contribution in [0.15, 0.2) is 18.7 Å². The molecule has 0 amide bonds. The molecule has 0 N–H and O–H groups in total. The van der Waals surface area contributed by atoms with Gasteiger partial charge in [0.1, 0.15) is 12.5 Å². The minimum absolute atomic E-state index is 0.245. The lowest BCUT2D eigenvalue weighted by Gasteiger charge is -2.15. The highest BCUT2D eigenvalue weighted by Gasteiger charge is 2.28. The number of carbonyl (C=O) groups is 1. The summed E-state index contributed by atoms with van der Waals surface area (Å²) in [6.07, 6.45) is 4.05. The Labute approximate surface area is 94.1 Å². The zero-order valence-electron chi connectivity index (χ0n) is 9.33. The summed E-state index contributed by atoms with van der Waals surface area (Å²) in [6, 6.07) is 0. The van der Waals surface area contributed by atoms with Gasteiger partial charge in [0.2, 0.25) is 5.91 Å². The Morgan fingerprint density at radius 2 is 2.00 bits per heavy atom. The molecule has 1 aromatic rings. The highest BCUT2D eigenvalue weighted by atomic mass is 31.2. The van der Waals surface area contributed by atoms with E-state index in [1.807, 2.05) is 0 Å². The summed E-state index contributed by atoms with van der Waals surface area (Å²) >= 11 is 0. The Balaban J connectivity index is 2.69. The van der Waals surface area contributed by atoms with E-state index in [0.29, 0.717) is 0 Å². The number of carbonyl (C=O) groups excluding carboxylic acids is 1. The zero-order chi connectivity index (χ0) is 12.0. The average Bonchev–Trinajstić information content (AvgIpc) is 2.70. The van der Waals surface area contributed by atoms with Crippen molar-refractivity contribution in [2.75, 3.05) is 19.4 Å². The van der Waals surface area contributed by atoms with E-state index in [4.69, 9.17) is 9.05 Å². The van der Waals surface area contributed by atoms with Crippen LogP contribution in [0.4, 0.5) is 0 Å². The molecule has 0 radical (unpaired) electrons. The van der Waals surface area contributed by atoms with E-state index in [2.05, 4.69) is 4.98 Å². The van der Waals surface area contributed by atoms with E-state index >= 15 is 0 Å². The van der Waals surface area contributed by atoms with Gasteiger partial charge in [-0.05, 0) is 13.8 Å². The van der Waals surface area contributed by atoms with E-state index in [9.17, 15) is 9.36 Å². The van der Waals surface area contributed by atoms with Crippen LogP contribution in [0.5, 0.6) is 0 Å². The number of nitrogens with zero attached hydrogens (tertiary/aromatic N) is 2. The van der Waals surface area contributed by atoms with Gasteiger partial charge in [-0.3, -0.25) is 13.9 Å². The predicted molar refractivity (Wildman–Crippen MR) is 58.6 cm³/mol. The average molecular weight is 246 g/mol. The molecular formula is C9H15N2O4P. The van der Waals surface area contributed by atoms with E-state index in [1.54, 1.807) is 13.8 Å². The number of imidazole rings is 1. The van der Waals surface area contributed by atoms with Gasteiger partial charge in [0.25, 0.3) is 0 Å². The van der Waals surface area contributed by atoms with Crippen molar-refractivity contribution in [3.8, 4) is 0 Å². The van der Waals surface area contributed by atoms with Crippen molar-refractivity contribution in [2.24, 2.45) is 0 Å². The summed E-state index contributed by atoms with van der Waals surface area (Å²) in [5.74, 6) is -0.359. The second kappa shape index (κ2) is 5.94. The van der Waals surface area contributed by atoms with E-state index in [0.717, 1.165) is 0 Å². The minimum atomic E-state index is -3.31. The molecule has 0 aliphatic rings. The number of rotatable bonds is 6. The summed E-state index contributed by atoms with van der Waals surface area (Å²) in [7, 11) is -3.31. The number of aromatic nitrogens is 2. The standard InChI is InChI=1S/C9H15N2O4P/c1-3-14-16(13,15-4-2)7-9(12)11-6-5-10-8-11/h5-6,8H,3-4,7H2,1-2H3. The van der Waals surface area contributed by atoms with Crippen molar-refractivity contribution in [1.82, 2.24) is 9.55 Å². The van der Waals surface area contributed by atoms with Gasteiger partial charge >= 0.3 is 7.60 Å². The first kappa shape index (κ1) is 13.1. The highest BCUT2D eigenvalue weighted by Crippen LogP contribution is 2.47. The number of hydrogen-bond acceptors (Lipinski definition) is 5. The molecule has 7 heteroatoms. The molecule has 16 heavy (non-hydrogen) atoms. The van der Waals surface area contributed by atoms with Crippen LogP contribution in [-0.2, 0) is 13.6 Å². The molecule has 6 nitrogen and oxygen atoms in total. The molecule has 0 bridgehead atoms. The SMILES string of the molecule is CCOP(=O)(CC(=O)n1ccnc1)OCC. The Hall–Kier alpha value is -0.970. The van der Waals surface area contributed by atoms with Crippen molar-refractivity contribution < 1.29 is 18.4 Å². The topological polar surface area (TPSA) is 70.4 Å². The first-order valence-corrected chi connectivity index (χ1v) is 6.73. The van der Waals surface area contributed by atoms with Crippen LogP contribution in [0.2, 0.25) is 0 Å². The van der Waals surface area contributed by atoms with E-state index < -0.39 is 7.60 Å². The van der Waals surface area contributed by atoms with Crippen LogP contribution in [-0.4, -0.2) is 34.8 Å². The molecule has 0 spiro atoms. The lowest BCUT2D eigenvalue weighted by atomic mass is 10.7. The summed E-state index contributed by atoms with van der Waals surface area (Å²) in [6.45, 7) is 3.89. The van der Waals surface area contributed by atoms with Gasteiger partial charge in [0.15, 0.2) is 0 Å². The van der Waals surface area contributed by atoms with Crippen molar-refractivity contribution in [1.29, 1.82) is 0 Å². The fourth-order valence-corrected chi connectivity index (χ4v) is 2.71. The zero-order valence-corrected chi connectivity index (χ0v) is 10.2. The third-order valence-corrected chi connectivity index (χ3v) is 3.73. The monoisotopic (exact) mass is 246 g/mol. The third kappa shape index (κ3) is 3.56. The second-order valence-corrected chi connectivity index (χ2v) is 5.02. The van der Waals surface area contributed by atoms with Crippen LogP contribution >= 0.6 is 7.60 Å². The summed E-state index contributed by atoms with van der Waals surface area (Å²) in [5.41, 5.74) is 0. The van der Waals surface area contributed by atoms with Gasteiger partial charge < -0.3 is 9.05 Å². The molecule has 90 valence electrons. The van der Waals surface area contributed by atoms with Gasteiger partial charge in [0.05, 0.1) is 13.2 Å². The van der Waals surface area contributed by atoms with Crippen molar-refractivity contribution in [3.63, 3.8) is 0 Å². The second-order valence-electron chi connectivity index (χ2n) is 2.97. The molecule has 0 aliphatic heterocycles. The van der Waals surface area contributed by atoms with Crippen molar-refractivity contribution in [3.05, 3.63) is 18.7 Å². The van der Waals surface area contributed by atoms with Crippen LogP contribution in [0.25, 0.3) is 0 Å². The van der Waals surface area contributed by atoms with E-state index in [-0.39, 0.29) is 25.3 Å². The van der Waals surface area contributed by atoms with Crippen LogP contribution in [0.3, 0.4) is 0 Å². The van der Waals surface area contributed by atoms with Crippen molar-refractivity contribution in [2.45, 2.75) is 13.8 Å². The molecule has 1 aromatic heterocycles. The molecular weight excluding hydrogens is 231 g/mol. The lowest BCUT2D eigenvalue weighted by Crippen LogP contribution is -2.15. The third-order valence-electron chi connectivity index (χ3n) is 1.77. The molecule has 0 unspecified atom stereocenters. The Morgan fingerprint density at radius 1 is 1.38 bits per heavy atom. The molecule has 0 saturated carbocycles. The molecule has 0 aliphatic carbocycles. The molecule has 0 fully saturated rings. The Bertz CT molecular complexity index is 367. The first-order valence-electron chi connectivity index (χ1n) is 5.00. The molecule has 0 aromatic carbocycles. The van der Waals surface area contributed by atoms with Crippen LogP contribution < -0.4 is 0 Å². The summed E-state index contributed by atoms with van der Waals surface area (Å²) in [4.78, 5) is 15.4. The van der Waals surface area contributed by atoms with Crippen LogP contribution in [0.1, 0.15) is 18.6 Å². The summed E-state index contributed by atoms with van der Waals surface area (Å²) < 4.78 is 23.3. The molecule has 0 atom stereocenters. The molecule has 0 saturated heterocycles. The normalized spacial score (nSPS) is 11.6. The first-order chi connectivity index (χ1) is 7.61. The lowest BCUT2D eigenvalue weighted by molar-refractivity contribution is 0.0928.